The Labute approximate surface area is 127 Å². The lowest BCUT2D eigenvalue weighted by Crippen LogP contribution is -2.29. The third-order valence-corrected chi connectivity index (χ3v) is 4.62. The Morgan fingerprint density at radius 1 is 1.43 bits per heavy atom. The molecule has 108 valence electrons. The van der Waals surface area contributed by atoms with Crippen LogP contribution < -0.4 is 0 Å². The Morgan fingerprint density at radius 2 is 2.29 bits per heavy atom. The van der Waals surface area contributed by atoms with Gasteiger partial charge >= 0.3 is 0 Å². The average Bonchev–Trinajstić information content (AvgIpc) is 3.04. The van der Waals surface area contributed by atoms with Crippen LogP contribution in [0.5, 0.6) is 0 Å². The molecule has 0 aliphatic carbocycles. The van der Waals surface area contributed by atoms with Gasteiger partial charge in [0, 0.05) is 12.0 Å². The second-order valence-electron chi connectivity index (χ2n) is 5.96. The van der Waals surface area contributed by atoms with Crippen LogP contribution in [0.15, 0.2) is 30.5 Å². The number of aromatic nitrogens is 3. The van der Waals surface area contributed by atoms with E-state index in [9.17, 15) is 0 Å². The van der Waals surface area contributed by atoms with Gasteiger partial charge in [-0.15, -0.1) is 0 Å². The minimum Gasteiger partial charge on any atom is -0.373 e. The summed E-state index contributed by atoms with van der Waals surface area (Å²) in [5.41, 5.74) is 2.98. The van der Waals surface area contributed by atoms with Crippen LogP contribution in [0.25, 0.3) is 21.9 Å². The summed E-state index contributed by atoms with van der Waals surface area (Å²) in [5, 5.41) is 1.13. The molecule has 0 bridgehead atoms. The van der Waals surface area contributed by atoms with Gasteiger partial charge in [-0.05, 0) is 38.0 Å². The molecule has 1 N–H and O–H groups in total. The van der Waals surface area contributed by atoms with Gasteiger partial charge in [-0.3, -0.25) is 4.98 Å². The molecule has 0 spiro atoms. The van der Waals surface area contributed by atoms with E-state index < -0.39 is 0 Å². The van der Waals surface area contributed by atoms with Crippen LogP contribution in [0.4, 0.5) is 0 Å². The van der Waals surface area contributed by atoms with Crippen LogP contribution in [0.2, 0.25) is 0 Å². The van der Waals surface area contributed by atoms with Crippen LogP contribution in [0.3, 0.4) is 0 Å². The van der Waals surface area contributed by atoms with E-state index in [1.807, 2.05) is 24.4 Å². The molecule has 0 amide bonds. The normalized spacial score (nSPS) is 22.3. The van der Waals surface area contributed by atoms with Crippen molar-refractivity contribution in [2.24, 2.45) is 0 Å². The van der Waals surface area contributed by atoms with E-state index in [1.165, 1.54) is 0 Å². The van der Waals surface area contributed by atoms with E-state index in [4.69, 9.17) is 17.0 Å². The van der Waals surface area contributed by atoms with Crippen molar-refractivity contribution in [2.45, 2.75) is 31.9 Å². The lowest BCUT2D eigenvalue weighted by molar-refractivity contribution is 0.00683. The first-order chi connectivity index (χ1) is 10.2. The van der Waals surface area contributed by atoms with Crippen molar-refractivity contribution >= 4 is 34.2 Å². The lowest BCUT2D eigenvalue weighted by atomic mass is 10.0. The molecule has 1 atom stereocenters. The second kappa shape index (κ2) is 4.64. The maximum atomic E-state index is 5.93. The fraction of sp³-hybridized carbons (Fsp3) is 0.375. The highest BCUT2D eigenvalue weighted by molar-refractivity contribution is 7.71. The second-order valence-corrected chi connectivity index (χ2v) is 6.34. The number of para-hydroxylation sites is 1. The molecule has 3 heterocycles. The van der Waals surface area contributed by atoms with E-state index in [0.29, 0.717) is 0 Å². The summed E-state index contributed by atoms with van der Waals surface area (Å²) in [4.78, 5) is 7.76. The number of hydrogen-bond acceptors (Lipinski definition) is 3. The first-order valence-electron chi connectivity index (χ1n) is 7.27. The Kier molecular flexibility index (Phi) is 2.87. The molecule has 4 rings (SSSR count). The zero-order chi connectivity index (χ0) is 14.4. The third kappa shape index (κ3) is 2.08. The summed E-state index contributed by atoms with van der Waals surface area (Å²) >= 11 is 5.52. The highest BCUT2D eigenvalue weighted by Crippen LogP contribution is 2.30. The number of imidazole rings is 1. The van der Waals surface area contributed by atoms with Crippen LogP contribution >= 0.6 is 12.2 Å². The summed E-state index contributed by atoms with van der Waals surface area (Å²) in [6.07, 6.45) is 4.06. The van der Waals surface area contributed by atoms with Gasteiger partial charge in [-0.2, -0.15) is 0 Å². The number of pyridine rings is 1. The minimum atomic E-state index is -0.127. The molecule has 1 aliphatic rings. The van der Waals surface area contributed by atoms with Crippen molar-refractivity contribution < 1.29 is 4.74 Å². The smallest absolute Gasteiger partial charge is 0.178 e. The number of ether oxygens (including phenoxy) is 1. The molecular weight excluding hydrogens is 282 g/mol. The third-order valence-electron chi connectivity index (χ3n) is 4.30. The average molecular weight is 299 g/mol. The van der Waals surface area contributed by atoms with E-state index in [-0.39, 0.29) is 5.60 Å². The molecule has 1 aliphatic heterocycles. The zero-order valence-corrected chi connectivity index (χ0v) is 12.7. The van der Waals surface area contributed by atoms with Crippen molar-refractivity contribution in [3.8, 4) is 0 Å². The summed E-state index contributed by atoms with van der Waals surface area (Å²) in [6, 6.07) is 8.18. The van der Waals surface area contributed by atoms with E-state index in [1.54, 1.807) is 0 Å². The van der Waals surface area contributed by atoms with Gasteiger partial charge in [-0.25, -0.2) is 0 Å². The summed E-state index contributed by atoms with van der Waals surface area (Å²) < 4.78 is 8.84. The SMILES string of the molecule is CC1(Cn2c(=S)[nH]c3cnc4ccccc4c32)CCCO1. The molecule has 3 aromatic rings. The van der Waals surface area contributed by atoms with Gasteiger partial charge in [0.25, 0.3) is 0 Å². The Morgan fingerprint density at radius 3 is 3.10 bits per heavy atom. The number of nitrogens with zero attached hydrogens (tertiary/aromatic N) is 2. The van der Waals surface area contributed by atoms with Gasteiger partial charge in [0.1, 0.15) is 0 Å². The van der Waals surface area contributed by atoms with Crippen molar-refractivity contribution in [3.05, 3.63) is 35.2 Å². The lowest BCUT2D eigenvalue weighted by Gasteiger charge is -2.24. The van der Waals surface area contributed by atoms with E-state index >= 15 is 0 Å². The fourth-order valence-electron chi connectivity index (χ4n) is 3.24. The van der Waals surface area contributed by atoms with Gasteiger partial charge in [-0.1, -0.05) is 18.2 Å². The Hall–Kier alpha value is -1.72. The molecule has 1 saturated heterocycles. The Bertz CT molecular complexity index is 874. The quantitative estimate of drug-likeness (QED) is 0.732. The molecule has 2 aromatic heterocycles. The summed E-state index contributed by atoms with van der Waals surface area (Å²) in [6.45, 7) is 3.79. The van der Waals surface area contributed by atoms with Gasteiger partial charge in [0.2, 0.25) is 0 Å². The van der Waals surface area contributed by atoms with Crippen LogP contribution in [-0.4, -0.2) is 26.7 Å². The number of fused-ring (bicyclic) bond motifs is 3. The van der Waals surface area contributed by atoms with Crippen molar-refractivity contribution in [2.75, 3.05) is 6.61 Å². The maximum Gasteiger partial charge on any atom is 0.178 e. The number of aromatic amines is 1. The standard InChI is InChI=1S/C16H17N3OS/c1-16(7-4-8-20-16)10-19-14-11-5-2-3-6-12(11)17-9-13(14)18-15(19)21/h2-3,5-6,9H,4,7-8,10H2,1H3,(H,18,21). The fourth-order valence-corrected chi connectivity index (χ4v) is 3.51. The van der Waals surface area contributed by atoms with E-state index in [0.717, 1.165) is 52.7 Å². The molecule has 0 radical (unpaired) electrons. The number of nitrogens with one attached hydrogen (secondary N) is 1. The summed E-state index contributed by atoms with van der Waals surface area (Å²) in [5.74, 6) is 0. The maximum absolute atomic E-state index is 5.93. The van der Waals surface area contributed by atoms with Crippen molar-refractivity contribution in [3.63, 3.8) is 0 Å². The predicted molar refractivity (Wildman–Crippen MR) is 86.0 cm³/mol. The number of H-pyrrole nitrogens is 1. The Balaban J connectivity index is 1.97. The van der Waals surface area contributed by atoms with Crippen LogP contribution in [0, 0.1) is 4.77 Å². The number of rotatable bonds is 2. The first-order valence-corrected chi connectivity index (χ1v) is 7.67. The molecule has 4 nitrogen and oxygen atoms in total. The molecule has 5 heteroatoms. The monoisotopic (exact) mass is 299 g/mol. The molecule has 0 saturated carbocycles. The van der Waals surface area contributed by atoms with Crippen molar-refractivity contribution in [1.29, 1.82) is 0 Å². The highest BCUT2D eigenvalue weighted by atomic mass is 32.1. The first kappa shape index (κ1) is 13.0. The van der Waals surface area contributed by atoms with Gasteiger partial charge in [0.05, 0.1) is 34.9 Å². The van der Waals surface area contributed by atoms with Crippen molar-refractivity contribution in [1.82, 2.24) is 14.5 Å². The van der Waals surface area contributed by atoms with Gasteiger partial charge < -0.3 is 14.3 Å². The molecule has 1 fully saturated rings. The minimum absolute atomic E-state index is 0.127. The molecular formula is C16H17N3OS. The zero-order valence-electron chi connectivity index (χ0n) is 11.9. The van der Waals surface area contributed by atoms with E-state index in [2.05, 4.69) is 27.5 Å². The molecule has 1 unspecified atom stereocenters. The molecule has 1 aromatic carbocycles. The number of benzene rings is 1. The van der Waals surface area contributed by atoms with Gasteiger partial charge in [0.15, 0.2) is 4.77 Å². The van der Waals surface area contributed by atoms with Crippen LogP contribution in [0.1, 0.15) is 19.8 Å². The number of hydrogen-bond donors (Lipinski definition) is 1. The van der Waals surface area contributed by atoms with Crippen LogP contribution in [-0.2, 0) is 11.3 Å². The topological polar surface area (TPSA) is 42.8 Å². The highest BCUT2D eigenvalue weighted by Gasteiger charge is 2.31. The molecule has 21 heavy (non-hydrogen) atoms. The predicted octanol–water partition coefficient (Wildman–Crippen LogP) is 3.82. The largest absolute Gasteiger partial charge is 0.373 e. The summed E-state index contributed by atoms with van der Waals surface area (Å²) in [7, 11) is 0.